The molecule has 5 nitrogen and oxygen atoms in total. The van der Waals surface area contributed by atoms with Gasteiger partial charge in [-0.2, -0.15) is 0 Å². The summed E-state index contributed by atoms with van der Waals surface area (Å²) in [4.78, 5) is 9.65. The zero-order valence-corrected chi connectivity index (χ0v) is 9.56. The van der Waals surface area contributed by atoms with Gasteiger partial charge in [-0.05, 0) is 25.8 Å². The van der Waals surface area contributed by atoms with Gasteiger partial charge >= 0.3 is 0 Å². The predicted octanol–water partition coefficient (Wildman–Crippen LogP) is 0.744. The van der Waals surface area contributed by atoms with Crippen LogP contribution in [0.3, 0.4) is 0 Å². The fourth-order valence-corrected chi connectivity index (χ4v) is 2.00. The molecule has 5 heteroatoms. The molecule has 0 spiro atoms. The molecule has 0 aromatic carbocycles. The SMILES string of the molecule is NCCCOC1CCN(c2ncc[nH]2)CC1. The van der Waals surface area contributed by atoms with Gasteiger partial charge in [-0.25, -0.2) is 4.98 Å². The van der Waals surface area contributed by atoms with E-state index in [9.17, 15) is 0 Å². The molecular weight excluding hydrogens is 204 g/mol. The van der Waals surface area contributed by atoms with Crippen LogP contribution >= 0.6 is 0 Å². The Morgan fingerprint density at radius 3 is 2.94 bits per heavy atom. The largest absolute Gasteiger partial charge is 0.378 e. The molecule has 90 valence electrons. The molecule has 0 aliphatic carbocycles. The van der Waals surface area contributed by atoms with Crippen LogP contribution in [-0.2, 0) is 4.74 Å². The van der Waals surface area contributed by atoms with Gasteiger partial charge in [-0.1, -0.05) is 0 Å². The lowest BCUT2D eigenvalue weighted by Crippen LogP contribution is -2.37. The zero-order chi connectivity index (χ0) is 11.2. The van der Waals surface area contributed by atoms with Crippen LogP contribution in [-0.4, -0.2) is 42.3 Å². The third kappa shape index (κ3) is 2.96. The molecule has 1 aromatic heterocycles. The first kappa shape index (κ1) is 11.4. The molecule has 2 rings (SSSR count). The number of hydrogen-bond acceptors (Lipinski definition) is 4. The molecule has 1 aromatic rings. The van der Waals surface area contributed by atoms with E-state index in [1.54, 1.807) is 6.20 Å². The van der Waals surface area contributed by atoms with Crippen molar-refractivity contribution in [1.29, 1.82) is 0 Å². The molecule has 1 fully saturated rings. The van der Waals surface area contributed by atoms with Crippen LogP contribution < -0.4 is 10.6 Å². The predicted molar refractivity (Wildman–Crippen MR) is 63.4 cm³/mol. The standard InChI is InChI=1S/C11H20N4O/c12-4-1-9-16-10-2-7-15(8-3-10)11-13-5-6-14-11/h5-6,10H,1-4,7-9,12H2,(H,13,14). The number of ether oxygens (including phenoxy) is 1. The van der Waals surface area contributed by atoms with E-state index in [1.165, 1.54) is 0 Å². The first-order valence-electron chi connectivity index (χ1n) is 5.96. The zero-order valence-electron chi connectivity index (χ0n) is 9.56. The molecule has 3 N–H and O–H groups in total. The highest BCUT2D eigenvalue weighted by Gasteiger charge is 2.20. The number of anilines is 1. The third-order valence-electron chi connectivity index (χ3n) is 2.93. The van der Waals surface area contributed by atoms with Gasteiger partial charge in [-0.3, -0.25) is 0 Å². The topological polar surface area (TPSA) is 67.2 Å². The third-order valence-corrected chi connectivity index (χ3v) is 2.93. The summed E-state index contributed by atoms with van der Waals surface area (Å²) in [5, 5.41) is 0. The highest BCUT2D eigenvalue weighted by atomic mass is 16.5. The quantitative estimate of drug-likeness (QED) is 0.724. The van der Waals surface area contributed by atoms with E-state index >= 15 is 0 Å². The summed E-state index contributed by atoms with van der Waals surface area (Å²) >= 11 is 0. The number of nitrogens with two attached hydrogens (primary N) is 1. The van der Waals surface area contributed by atoms with Gasteiger partial charge in [0, 0.05) is 32.1 Å². The van der Waals surface area contributed by atoms with Crippen molar-refractivity contribution < 1.29 is 4.74 Å². The van der Waals surface area contributed by atoms with E-state index in [2.05, 4.69) is 14.9 Å². The smallest absolute Gasteiger partial charge is 0.202 e. The van der Waals surface area contributed by atoms with Gasteiger partial charge in [0.15, 0.2) is 0 Å². The molecule has 16 heavy (non-hydrogen) atoms. The number of imidazole rings is 1. The maximum absolute atomic E-state index is 5.75. The van der Waals surface area contributed by atoms with Crippen LogP contribution in [0.4, 0.5) is 5.95 Å². The second-order valence-electron chi connectivity index (χ2n) is 4.11. The van der Waals surface area contributed by atoms with Gasteiger partial charge in [0.1, 0.15) is 0 Å². The number of piperidine rings is 1. The number of H-pyrrole nitrogens is 1. The van der Waals surface area contributed by atoms with Crippen LogP contribution in [0.25, 0.3) is 0 Å². The number of hydrogen-bond donors (Lipinski definition) is 2. The summed E-state index contributed by atoms with van der Waals surface area (Å²) in [6, 6.07) is 0. The maximum atomic E-state index is 5.75. The Morgan fingerprint density at radius 1 is 1.50 bits per heavy atom. The molecule has 1 aliphatic rings. The van der Waals surface area contributed by atoms with Gasteiger partial charge in [-0.15, -0.1) is 0 Å². The van der Waals surface area contributed by atoms with Crippen LogP contribution in [0.15, 0.2) is 12.4 Å². The number of nitrogens with zero attached hydrogens (tertiary/aromatic N) is 2. The van der Waals surface area contributed by atoms with Gasteiger partial charge in [0.05, 0.1) is 6.10 Å². The van der Waals surface area contributed by atoms with Crippen molar-refractivity contribution >= 4 is 5.95 Å². The number of aromatic amines is 1. The summed E-state index contributed by atoms with van der Waals surface area (Å²) < 4.78 is 5.75. The second-order valence-corrected chi connectivity index (χ2v) is 4.11. The van der Waals surface area contributed by atoms with Gasteiger partial charge in [0.2, 0.25) is 5.95 Å². The minimum Gasteiger partial charge on any atom is -0.378 e. The maximum Gasteiger partial charge on any atom is 0.202 e. The van der Waals surface area contributed by atoms with Crippen LogP contribution in [0.2, 0.25) is 0 Å². The number of aromatic nitrogens is 2. The van der Waals surface area contributed by atoms with E-state index in [0.29, 0.717) is 12.6 Å². The van der Waals surface area contributed by atoms with Crippen LogP contribution in [0, 0.1) is 0 Å². The first-order chi connectivity index (χ1) is 7.90. The molecule has 0 unspecified atom stereocenters. The number of rotatable bonds is 5. The Bertz CT molecular complexity index is 280. The average Bonchev–Trinajstić information content (AvgIpc) is 2.84. The lowest BCUT2D eigenvalue weighted by atomic mass is 10.1. The van der Waals surface area contributed by atoms with Crippen LogP contribution in [0.5, 0.6) is 0 Å². The van der Waals surface area contributed by atoms with E-state index < -0.39 is 0 Å². The molecule has 0 atom stereocenters. The normalized spacial score (nSPS) is 17.9. The van der Waals surface area contributed by atoms with Crippen molar-refractivity contribution in [3.05, 3.63) is 12.4 Å². The Hall–Kier alpha value is -1.07. The molecule has 0 saturated carbocycles. The fraction of sp³-hybridized carbons (Fsp3) is 0.727. The molecule has 1 aliphatic heterocycles. The van der Waals surface area contributed by atoms with E-state index in [1.807, 2.05) is 6.20 Å². The summed E-state index contributed by atoms with van der Waals surface area (Å²) in [5.74, 6) is 0.973. The molecule has 0 radical (unpaired) electrons. The molecular formula is C11H20N4O. The number of nitrogens with one attached hydrogen (secondary N) is 1. The summed E-state index contributed by atoms with van der Waals surface area (Å²) in [7, 11) is 0. The second kappa shape index (κ2) is 5.86. The van der Waals surface area contributed by atoms with Crippen molar-refractivity contribution in [1.82, 2.24) is 9.97 Å². The monoisotopic (exact) mass is 224 g/mol. The fourth-order valence-electron chi connectivity index (χ4n) is 2.00. The van der Waals surface area contributed by atoms with Gasteiger partial charge < -0.3 is 20.4 Å². The Labute approximate surface area is 96.0 Å². The van der Waals surface area contributed by atoms with Crippen molar-refractivity contribution in [2.45, 2.75) is 25.4 Å². The Kier molecular flexibility index (Phi) is 4.18. The minimum absolute atomic E-state index is 0.401. The molecule has 1 saturated heterocycles. The average molecular weight is 224 g/mol. The summed E-state index contributed by atoms with van der Waals surface area (Å²) in [6.45, 7) is 3.54. The Balaban J connectivity index is 1.70. The van der Waals surface area contributed by atoms with E-state index in [4.69, 9.17) is 10.5 Å². The molecule has 2 heterocycles. The summed E-state index contributed by atoms with van der Waals surface area (Å²) in [6.07, 6.45) is 7.16. The van der Waals surface area contributed by atoms with Crippen LogP contribution in [0.1, 0.15) is 19.3 Å². The molecule has 0 amide bonds. The van der Waals surface area contributed by atoms with E-state index in [-0.39, 0.29) is 0 Å². The van der Waals surface area contributed by atoms with Crippen molar-refractivity contribution in [2.75, 3.05) is 31.1 Å². The molecule has 0 bridgehead atoms. The van der Waals surface area contributed by atoms with Crippen molar-refractivity contribution in [2.24, 2.45) is 5.73 Å². The summed E-state index contributed by atoms with van der Waals surface area (Å²) in [5.41, 5.74) is 5.43. The van der Waals surface area contributed by atoms with E-state index in [0.717, 1.165) is 44.9 Å². The lowest BCUT2D eigenvalue weighted by molar-refractivity contribution is 0.0365. The Morgan fingerprint density at radius 2 is 2.31 bits per heavy atom. The van der Waals surface area contributed by atoms with Crippen molar-refractivity contribution in [3.63, 3.8) is 0 Å². The highest BCUT2D eigenvalue weighted by molar-refractivity contribution is 5.29. The van der Waals surface area contributed by atoms with Gasteiger partial charge in [0.25, 0.3) is 0 Å². The minimum atomic E-state index is 0.401. The van der Waals surface area contributed by atoms with Crippen molar-refractivity contribution in [3.8, 4) is 0 Å². The lowest BCUT2D eigenvalue weighted by Gasteiger charge is -2.31. The first-order valence-corrected chi connectivity index (χ1v) is 5.96. The highest BCUT2D eigenvalue weighted by Crippen LogP contribution is 2.17.